The van der Waals surface area contributed by atoms with Crippen LogP contribution in [0.25, 0.3) is 0 Å². The minimum Gasteiger partial charge on any atom is -0.352 e. The SMILES string of the molecule is Cc1cc(C#N)ccc1CNCCNC(N)=O. The summed E-state index contributed by atoms with van der Waals surface area (Å²) in [6.07, 6.45) is 0. The summed E-state index contributed by atoms with van der Waals surface area (Å²) < 4.78 is 0. The van der Waals surface area contributed by atoms with Crippen LogP contribution in [0.2, 0.25) is 0 Å². The highest BCUT2D eigenvalue weighted by Crippen LogP contribution is 2.09. The van der Waals surface area contributed by atoms with Crippen LogP contribution in [-0.2, 0) is 6.54 Å². The fourth-order valence-electron chi connectivity index (χ4n) is 1.46. The van der Waals surface area contributed by atoms with Crippen molar-refractivity contribution in [2.75, 3.05) is 13.1 Å². The predicted octanol–water partition coefficient (Wildman–Crippen LogP) is 0.625. The zero-order chi connectivity index (χ0) is 12.7. The number of amides is 2. The number of nitrogens with zero attached hydrogens (tertiary/aromatic N) is 1. The molecule has 17 heavy (non-hydrogen) atoms. The van der Waals surface area contributed by atoms with Crippen molar-refractivity contribution in [3.8, 4) is 6.07 Å². The highest BCUT2D eigenvalue weighted by atomic mass is 16.2. The summed E-state index contributed by atoms with van der Waals surface area (Å²) in [4.78, 5) is 10.4. The van der Waals surface area contributed by atoms with Crippen molar-refractivity contribution in [3.05, 3.63) is 34.9 Å². The topological polar surface area (TPSA) is 90.9 Å². The number of hydrogen-bond donors (Lipinski definition) is 3. The first-order valence-electron chi connectivity index (χ1n) is 5.37. The second-order valence-corrected chi connectivity index (χ2v) is 3.72. The minimum absolute atomic E-state index is 0.505. The van der Waals surface area contributed by atoms with Crippen molar-refractivity contribution < 1.29 is 4.79 Å². The van der Waals surface area contributed by atoms with Crippen LogP contribution < -0.4 is 16.4 Å². The van der Waals surface area contributed by atoms with Gasteiger partial charge < -0.3 is 16.4 Å². The molecule has 2 amide bonds. The van der Waals surface area contributed by atoms with Gasteiger partial charge in [0, 0.05) is 19.6 Å². The molecule has 0 heterocycles. The van der Waals surface area contributed by atoms with Crippen molar-refractivity contribution in [1.29, 1.82) is 5.26 Å². The molecule has 1 aromatic rings. The first-order valence-corrected chi connectivity index (χ1v) is 5.37. The molecule has 0 spiro atoms. The number of nitrogens with two attached hydrogens (primary N) is 1. The van der Waals surface area contributed by atoms with E-state index in [0.717, 1.165) is 11.1 Å². The number of primary amides is 1. The molecule has 5 nitrogen and oxygen atoms in total. The molecule has 0 aliphatic rings. The highest BCUT2D eigenvalue weighted by molar-refractivity contribution is 5.71. The number of carbonyl (C=O) groups is 1. The van der Waals surface area contributed by atoms with Crippen molar-refractivity contribution in [2.45, 2.75) is 13.5 Å². The second kappa shape index (κ2) is 6.51. The van der Waals surface area contributed by atoms with Gasteiger partial charge in [0.15, 0.2) is 0 Å². The Balaban J connectivity index is 2.37. The summed E-state index contributed by atoms with van der Waals surface area (Å²) in [6.45, 7) is 3.84. The highest BCUT2D eigenvalue weighted by Gasteiger charge is 1.99. The molecule has 0 aliphatic carbocycles. The van der Waals surface area contributed by atoms with E-state index in [1.165, 1.54) is 0 Å². The fourth-order valence-corrected chi connectivity index (χ4v) is 1.46. The summed E-state index contributed by atoms with van der Waals surface area (Å²) in [5, 5.41) is 14.4. The third-order valence-corrected chi connectivity index (χ3v) is 2.39. The fraction of sp³-hybridized carbons (Fsp3) is 0.333. The normalized spacial score (nSPS) is 9.65. The molecule has 90 valence electrons. The Labute approximate surface area is 101 Å². The van der Waals surface area contributed by atoms with Crippen LogP contribution in [0.3, 0.4) is 0 Å². The lowest BCUT2D eigenvalue weighted by Gasteiger charge is -2.08. The van der Waals surface area contributed by atoms with Gasteiger partial charge >= 0.3 is 6.03 Å². The average Bonchev–Trinajstić information content (AvgIpc) is 2.30. The van der Waals surface area contributed by atoms with E-state index in [0.29, 0.717) is 25.2 Å². The summed E-state index contributed by atoms with van der Waals surface area (Å²) in [6, 6.07) is 7.18. The van der Waals surface area contributed by atoms with E-state index in [2.05, 4.69) is 16.7 Å². The maximum Gasteiger partial charge on any atom is 0.312 e. The third kappa shape index (κ3) is 4.53. The number of carbonyl (C=O) groups excluding carboxylic acids is 1. The van der Waals surface area contributed by atoms with Crippen LogP contribution >= 0.6 is 0 Å². The molecule has 0 bridgehead atoms. The molecule has 0 radical (unpaired) electrons. The van der Waals surface area contributed by atoms with Crippen molar-refractivity contribution >= 4 is 6.03 Å². The first kappa shape index (κ1) is 13.0. The van der Waals surface area contributed by atoms with Crippen LogP contribution in [0.4, 0.5) is 4.79 Å². The Morgan fingerprint density at radius 3 is 2.82 bits per heavy atom. The number of nitrogens with one attached hydrogen (secondary N) is 2. The maximum atomic E-state index is 10.4. The average molecular weight is 232 g/mol. The Morgan fingerprint density at radius 1 is 1.47 bits per heavy atom. The summed E-state index contributed by atoms with van der Waals surface area (Å²) in [5.41, 5.74) is 7.83. The van der Waals surface area contributed by atoms with Gasteiger partial charge in [0.2, 0.25) is 0 Å². The Morgan fingerprint density at radius 2 is 2.24 bits per heavy atom. The molecule has 0 saturated heterocycles. The van der Waals surface area contributed by atoms with E-state index < -0.39 is 6.03 Å². The number of urea groups is 1. The lowest BCUT2D eigenvalue weighted by molar-refractivity contribution is 0.249. The van der Waals surface area contributed by atoms with Crippen molar-refractivity contribution in [2.24, 2.45) is 5.73 Å². The smallest absolute Gasteiger partial charge is 0.312 e. The molecule has 1 aromatic carbocycles. The van der Waals surface area contributed by atoms with Gasteiger partial charge in [-0.3, -0.25) is 0 Å². The van der Waals surface area contributed by atoms with Gasteiger partial charge in [-0.05, 0) is 30.2 Å². The number of aryl methyl sites for hydroxylation is 1. The zero-order valence-corrected chi connectivity index (χ0v) is 9.79. The molecule has 4 N–H and O–H groups in total. The standard InChI is InChI=1S/C12H16N4O/c1-9-6-10(7-13)2-3-11(9)8-15-4-5-16-12(14)17/h2-3,6,15H,4-5,8H2,1H3,(H3,14,16,17). The second-order valence-electron chi connectivity index (χ2n) is 3.72. The molecular formula is C12H16N4O. The van der Waals surface area contributed by atoms with Crippen LogP contribution in [-0.4, -0.2) is 19.1 Å². The lowest BCUT2D eigenvalue weighted by atomic mass is 10.1. The summed E-state index contributed by atoms with van der Waals surface area (Å²) in [5.74, 6) is 0. The van der Waals surface area contributed by atoms with Gasteiger partial charge in [-0.2, -0.15) is 5.26 Å². The van der Waals surface area contributed by atoms with Crippen LogP contribution in [0.5, 0.6) is 0 Å². The number of hydrogen-bond acceptors (Lipinski definition) is 3. The molecular weight excluding hydrogens is 216 g/mol. The van der Waals surface area contributed by atoms with E-state index in [4.69, 9.17) is 11.0 Å². The largest absolute Gasteiger partial charge is 0.352 e. The van der Waals surface area contributed by atoms with E-state index in [-0.39, 0.29) is 0 Å². The molecule has 0 saturated carbocycles. The maximum absolute atomic E-state index is 10.4. The summed E-state index contributed by atoms with van der Waals surface area (Å²) >= 11 is 0. The summed E-state index contributed by atoms with van der Waals surface area (Å²) in [7, 11) is 0. The Kier molecular flexibility index (Phi) is 4.98. The number of benzene rings is 1. The Bertz CT molecular complexity index is 437. The van der Waals surface area contributed by atoms with Gasteiger partial charge in [0.1, 0.15) is 0 Å². The van der Waals surface area contributed by atoms with Gasteiger partial charge in [0.05, 0.1) is 11.6 Å². The van der Waals surface area contributed by atoms with Gasteiger partial charge in [0.25, 0.3) is 0 Å². The van der Waals surface area contributed by atoms with E-state index >= 15 is 0 Å². The number of nitriles is 1. The zero-order valence-electron chi connectivity index (χ0n) is 9.79. The van der Waals surface area contributed by atoms with Crippen LogP contribution in [0, 0.1) is 18.3 Å². The van der Waals surface area contributed by atoms with E-state index in [1.54, 1.807) is 6.07 Å². The molecule has 5 heteroatoms. The molecule has 0 atom stereocenters. The van der Waals surface area contributed by atoms with Crippen molar-refractivity contribution in [3.63, 3.8) is 0 Å². The quantitative estimate of drug-likeness (QED) is 0.650. The monoisotopic (exact) mass is 232 g/mol. The molecule has 0 unspecified atom stereocenters. The first-order chi connectivity index (χ1) is 8.13. The van der Waals surface area contributed by atoms with Crippen LogP contribution in [0.1, 0.15) is 16.7 Å². The number of rotatable bonds is 5. The minimum atomic E-state index is -0.513. The third-order valence-electron chi connectivity index (χ3n) is 2.39. The predicted molar refractivity (Wildman–Crippen MR) is 65.2 cm³/mol. The molecule has 0 fully saturated rings. The van der Waals surface area contributed by atoms with Crippen LogP contribution in [0.15, 0.2) is 18.2 Å². The molecule has 0 aromatic heterocycles. The molecule has 0 aliphatic heterocycles. The molecule has 1 rings (SSSR count). The van der Waals surface area contributed by atoms with Crippen molar-refractivity contribution in [1.82, 2.24) is 10.6 Å². The van der Waals surface area contributed by atoms with E-state index in [1.807, 2.05) is 19.1 Å². The van der Waals surface area contributed by atoms with E-state index in [9.17, 15) is 4.79 Å². The Hall–Kier alpha value is -2.06. The lowest BCUT2D eigenvalue weighted by Crippen LogP contribution is -2.35. The van der Waals surface area contributed by atoms with Gasteiger partial charge in [-0.1, -0.05) is 6.07 Å². The van der Waals surface area contributed by atoms with Gasteiger partial charge in [-0.15, -0.1) is 0 Å². The van der Waals surface area contributed by atoms with Gasteiger partial charge in [-0.25, -0.2) is 4.79 Å².